The highest BCUT2D eigenvalue weighted by molar-refractivity contribution is 6.33. The molecule has 0 saturated carbocycles. The number of carbonyl (C=O) groups is 1. The van der Waals surface area contributed by atoms with Crippen LogP contribution in [0.15, 0.2) is 10.9 Å². The maximum atomic E-state index is 11.4. The Morgan fingerprint density at radius 2 is 2.27 bits per heavy atom. The summed E-state index contributed by atoms with van der Waals surface area (Å²) in [6.45, 7) is 1.60. The zero-order chi connectivity index (χ0) is 11.4. The van der Waals surface area contributed by atoms with Gasteiger partial charge in [-0.25, -0.2) is 4.79 Å². The van der Waals surface area contributed by atoms with Crippen molar-refractivity contribution in [2.24, 2.45) is 0 Å². The zero-order valence-corrected chi connectivity index (χ0v) is 8.94. The van der Waals surface area contributed by atoms with Crippen LogP contribution in [0.25, 0.3) is 0 Å². The molecule has 0 aliphatic rings. The number of carbonyl (C=O) groups excluding carboxylic acids is 1. The van der Waals surface area contributed by atoms with E-state index in [2.05, 4.69) is 21.6 Å². The number of rotatable bonds is 1. The zero-order valence-electron chi connectivity index (χ0n) is 8.18. The first-order valence-corrected chi connectivity index (χ1v) is 4.41. The fourth-order valence-corrected chi connectivity index (χ4v) is 1.22. The van der Waals surface area contributed by atoms with E-state index in [0.717, 1.165) is 0 Å². The van der Waals surface area contributed by atoms with E-state index in [0.29, 0.717) is 0 Å². The molecular formula is C10H8ClNO3. The maximum Gasteiger partial charge on any atom is 0.356 e. The number of aromatic amines is 1. The summed E-state index contributed by atoms with van der Waals surface area (Å²) in [4.78, 5) is 24.8. The number of halogens is 1. The van der Waals surface area contributed by atoms with E-state index < -0.39 is 11.5 Å². The first-order chi connectivity index (χ1) is 7.10. The summed E-state index contributed by atoms with van der Waals surface area (Å²) in [5.41, 5.74) is -0.310. The molecule has 0 aliphatic carbocycles. The molecule has 15 heavy (non-hydrogen) atoms. The van der Waals surface area contributed by atoms with Crippen molar-refractivity contribution >= 4 is 17.6 Å². The number of hydrogen-bond acceptors (Lipinski definition) is 3. The van der Waals surface area contributed by atoms with Gasteiger partial charge >= 0.3 is 5.97 Å². The predicted octanol–water partition coefficient (Wildman–Crippen LogP) is 1.19. The van der Waals surface area contributed by atoms with Crippen LogP contribution in [0, 0.1) is 11.8 Å². The number of pyridine rings is 1. The monoisotopic (exact) mass is 225 g/mol. The largest absolute Gasteiger partial charge is 0.464 e. The fourth-order valence-electron chi connectivity index (χ4n) is 0.983. The predicted molar refractivity (Wildman–Crippen MR) is 56.0 cm³/mol. The van der Waals surface area contributed by atoms with Crippen LogP contribution in [0.2, 0.25) is 5.02 Å². The summed E-state index contributed by atoms with van der Waals surface area (Å²) in [5.74, 6) is 4.45. The topological polar surface area (TPSA) is 59.2 Å². The molecule has 0 atom stereocenters. The quantitative estimate of drug-likeness (QED) is 0.577. The molecule has 0 unspecified atom stereocenters. The molecule has 4 nitrogen and oxygen atoms in total. The van der Waals surface area contributed by atoms with Crippen LogP contribution in [0.4, 0.5) is 0 Å². The maximum absolute atomic E-state index is 11.4. The van der Waals surface area contributed by atoms with Gasteiger partial charge in [-0.05, 0) is 13.0 Å². The highest BCUT2D eigenvalue weighted by atomic mass is 35.5. The summed E-state index contributed by atoms with van der Waals surface area (Å²) in [5, 5.41) is 0.110. The van der Waals surface area contributed by atoms with Crippen LogP contribution in [-0.2, 0) is 4.74 Å². The number of hydrogen-bond donors (Lipinski definition) is 1. The second-order valence-corrected chi connectivity index (χ2v) is 3.01. The molecule has 1 rings (SSSR count). The van der Waals surface area contributed by atoms with E-state index >= 15 is 0 Å². The standard InChI is InChI=1S/C10H8ClNO3/c1-3-4-6-5-7(11)8(10(14)15-2)12-9(6)13/h5H,1-2H3,(H,12,13). The molecule has 1 aromatic rings. The highest BCUT2D eigenvalue weighted by Crippen LogP contribution is 2.13. The molecule has 0 aliphatic heterocycles. The van der Waals surface area contributed by atoms with Crippen LogP contribution in [0.5, 0.6) is 0 Å². The number of esters is 1. The van der Waals surface area contributed by atoms with Gasteiger partial charge in [0.05, 0.1) is 17.7 Å². The van der Waals surface area contributed by atoms with Gasteiger partial charge in [-0.2, -0.15) is 0 Å². The molecule has 0 amide bonds. The lowest BCUT2D eigenvalue weighted by molar-refractivity contribution is 0.0594. The third kappa shape index (κ3) is 2.39. The SMILES string of the molecule is CC#Cc1cc(Cl)c(C(=O)OC)[nH]c1=O. The van der Waals surface area contributed by atoms with Crippen LogP contribution in [0.3, 0.4) is 0 Å². The van der Waals surface area contributed by atoms with Crippen molar-refractivity contribution < 1.29 is 9.53 Å². The van der Waals surface area contributed by atoms with Crippen molar-refractivity contribution in [1.82, 2.24) is 4.98 Å². The third-order valence-corrected chi connectivity index (χ3v) is 1.94. The molecule has 1 N–H and O–H groups in total. The first kappa shape index (κ1) is 11.3. The van der Waals surface area contributed by atoms with Gasteiger partial charge in [-0.3, -0.25) is 4.79 Å². The second kappa shape index (κ2) is 4.67. The van der Waals surface area contributed by atoms with Crippen molar-refractivity contribution in [3.05, 3.63) is 32.7 Å². The van der Waals surface area contributed by atoms with Crippen LogP contribution in [0.1, 0.15) is 23.0 Å². The lowest BCUT2D eigenvalue weighted by Crippen LogP contribution is -2.17. The van der Waals surface area contributed by atoms with Crippen LogP contribution >= 0.6 is 11.6 Å². The van der Waals surface area contributed by atoms with Gasteiger partial charge in [-0.15, -0.1) is 5.92 Å². The molecule has 0 saturated heterocycles. The number of ether oxygens (including phenoxy) is 1. The number of H-pyrrole nitrogens is 1. The lowest BCUT2D eigenvalue weighted by atomic mass is 10.2. The van der Waals surface area contributed by atoms with Crippen LogP contribution in [-0.4, -0.2) is 18.1 Å². The average Bonchev–Trinajstić information content (AvgIpc) is 2.22. The summed E-state index contributed by atoms with van der Waals surface area (Å²) in [6.07, 6.45) is 0. The summed E-state index contributed by atoms with van der Waals surface area (Å²) < 4.78 is 4.44. The van der Waals surface area contributed by atoms with Crippen LogP contribution < -0.4 is 5.56 Å². The fraction of sp³-hybridized carbons (Fsp3) is 0.200. The summed E-state index contributed by atoms with van der Waals surface area (Å²) in [6, 6.07) is 1.34. The third-order valence-electron chi connectivity index (χ3n) is 1.64. The van der Waals surface area contributed by atoms with Gasteiger partial charge in [0.2, 0.25) is 0 Å². The van der Waals surface area contributed by atoms with Crippen molar-refractivity contribution in [3.8, 4) is 11.8 Å². The molecular weight excluding hydrogens is 218 g/mol. The van der Waals surface area contributed by atoms with Gasteiger partial charge in [-0.1, -0.05) is 17.5 Å². The molecule has 78 valence electrons. The van der Waals surface area contributed by atoms with E-state index in [1.54, 1.807) is 6.92 Å². The number of methoxy groups -OCH3 is 1. The molecule has 0 fully saturated rings. The van der Waals surface area contributed by atoms with E-state index in [1.807, 2.05) is 0 Å². The van der Waals surface area contributed by atoms with Gasteiger partial charge < -0.3 is 9.72 Å². The Morgan fingerprint density at radius 1 is 1.60 bits per heavy atom. The normalized spacial score (nSPS) is 9.00. The minimum absolute atomic E-state index is 0.0641. The van der Waals surface area contributed by atoms with E-state index in [9.17, 15) is 9.59 Å². The van der Waals surface area contributed by atoms with Crippen molar-refractivity contribution in [3.63, 3.8) is 0 Å². The highest BCUT2D eigenvalue weighted by Gasteiger charge is 2.13. The Hall–Kier alpha value is -1.73. The Morgan fingerprint density at radius 3 is 2.80 bits per heavy atom. The van der Waals surface area contributed by atoms with Crippen molar-refractivity contribution in [1.29, 1.82) is 0 Å². The Labute approximate surface area is 91.2 Å². The molecule has 1 aromatic heterocycles. The smallest absolute Gasteiger partial charge is 0.356 e. The molecule has 1 heterocycles. The van der Waals surface area contributed by atoms with Gasteiger partial charge in [0, 0.05) is 0 Å². The van der Waals surface area contributed by atoms with Crippen molar-refractivity contribution in [2.45, 2.75) is 6.92 Å². The minimum Gasteiger partial charge on any atom is -0.464 e. The summed E-state index contributed by atoms with van der Waals surface area (Å²) in [7, 11) is 1.21. The second-order valence-electron chi connectivity index (χ2n) is 2.60. The Bertz CT molecular complexity index is 508. The number of aromatic nitrogens is 1. The Kier molecular flexibility index (Phi) is 3.53. The average molecular weight is 226 g/mol. The summed E-state index contributed by atoms with van der Waals surface area (Å²) >= 11 is 5.77. The van der Waals surface area contributed by atoms with Crippen molar-refractivity contribution in [2.75, 3.05) is 7.11 Å². The minimum atomic E-state index is -0.687. The molecule has 0 spiro atoms. The lowest BCUT2D eigenvalue weighted by Gasteiger charge is -2.01. The molecule has 0 radical (unpaired) electrons. The molecule has 0 bridgehead atoms. The van der Waals surface area contributed by atoms with Gasteiger partial charge in [0.25, 0.3) is 5.56 Å². The molecule has 5 heteroatoms. The Balaban J connectivity index is 3.36. The van der Waals surface area contributed by atoms with E-state index in [4.69, 9.17) is 11.6 Å². The number of nitrogens with one attached hydrogen (secondary N) is 1. The molecule has 0 aromatic carbocycles. The van der Waals surface area contributed by atoms with Gasteiger partial charge in [0.15, 0.2) is 0 Å². The first-order valence-electron chi connectivity index (χ1n) is 4.04. The van der Waals surface area contributed by atoms with E-state index in [-0.39, 0.29) is 16.3 Å². The van der Waals surface area contributed by atoms with Gasteiger partial charge in [0.1, 0.15) is 5.69 Å². The van der Waals surface area contributed by atoms with E-state index in [1.165, 1.54) is 13.2 Å².